The van der Waals surface area contributed by atoms with Gasteiger partial charge in [-0.15, -0.1) is 11.3 Å². The molecule has 3 nitrogen and oxygen atoms in total. The number of nitrogens with zero attached hydrogens (tertiary/aromatic N) is 2. The lowest BCUT2D eigenvalue weighted by atomic mass is 9.85. The zero-order valence-corrected chi connectivity index (χ0v) is 23.1. The Balaban J connectivity index is 1.44. The summed E-state index contributed by atoms with van der Waals surface area (Å²) in [5.74, 6) is 0. The summed E-state index contributed by atoms with van der Waals surface area (Å²) in [6, 6.07) is 45.7. The third-order valence-electron chi connectivity index (χ3n) is 7.98. The normalized spacial score (nSPS) is 11.3. The lowest BCUT2D eigenvalue weighted by Gasteiger charge is -2.17. The Bertz CT molecular complexity index is 2450. The number of benzene rings is 6. The predicted molar refractivity (Wildman–Crippen MR) is 172 cm³/mol. The van der Waals surface area contributed by atoms with E-state index in [4.69, 9.17) is 4.42 Å². The van der Waals surface area contributed by atoms with Gasteiger partial charge in [0.15, 0.2) is 0 Å². The van der Waals surface area contributed by atoms with Gasteiger partial charge in [-0.1, -0.05) is 66.7 Å². The molecule has 8 rings (SSSR count). The number of hydrogen-bond acceptors (Lipinski definition) is 4. The second-order valence-electron chi connectivity index (χ2n) is 10.3. The van der Waals surface area contributed by atoms with Crippen LogP contribution in [0.2, 0.25) is 0 Å². The highest BCUT2D eigenvalue weighted by molar-refractivity contribution is 7.25. The molecule has 0 saturated heterocycles. The molecule has 2 heterocycles. The highest BCUT2D eigenvalue weighted by Crippen LogP contribution is 2.44. The first-order chi connectivity index (χ1) is 20.7. The summed E-state index contributed by atoms with van der Waals surface area (Å²) in [6.07, 6.45) is 0. The molecule has 0 N–H and O–H groups in total. The summed E-state index contributed by atoms with van der Waals surface area (Å²) in [4.78, 5) is 0. The van der Waals surface area contributed by atoms with E-state index in [0.29, 0.717) is 11.1 Å². The Hall–Kier alpha value is -5.68. The summed E-state index contributed by atoms with van der Waals surface area (Å²) in [7, 11) is 0. The van der Waals surface area contributed by atoms with E-state index in [1.165, 1.54) is 20.2 Å². The molecular formula is C38H20N2OS. The molecule has 2 aromatic heterocycles. The van der Waals surface area contributed by atoms with Crippen molar-refractivity contribution in [1.29, 1.82) is 10.5 Å². The lowest BCUT2D eigenvalue weighted by molar-refractivity contribution is 0.669. The first-order valence-electron chi connectivity index (χ1n) is 13.6. The van der Waals surface area contributed by atoms with Crippen LogP contribution in [0.25, 0.3) is 75.5 Å². The number of thiophene rings is 1. The summed E-state index contributed by atoms with van der Waals surface area (Å²) in [5, 5.41) is 23.9. The van der Waals surface area contributed by atoms with E-state index < -0.39 is 0 Å². The monoisotopic (exact) mass is 552 g/mol. The van der Waals surface area contributed by atoms with Gasteiger partial charge in [0, 0.05) is 36.5 Å². The van der Waals surface area contributed by atoms with Gasteiger partial charge >= 0.3 is 0 Å². The fourth-order valence-electron chi connectivity index (χ4n) is 6.04. The van der Waals surface area contributed by atoms with E-state index in [1.807, 2.05) is 42.5 Å². The van der Waals surface area contributed by atoms with Gasteiger partial charge in [-0.05, 0) is 82.4 Å². The quantitative estimate of drug-likeness (QED) is 0.219. The predicted octanol–water partition coefficient (Wildman–Crippen LogP) is 10.7. The number of hydrogen-bond donors (Lipinski definition) is 0. The third-order valence-corrected chi connectivity index (χ3v) is 9.13. The zero-order chi connectivity index (χ0) is 28.2. The number of rotatable bonds is 3. The van der Waals surface area contributed by atoms with Gasteiger partial charge in [0.25, 0.3) is 0 Å². The second kappa shape index (κ2) is 9.46. The standard InChI is InChI=1S/C38H20N2OS/c39-21-23-12-15-34-31(18-23)32-19-24(13-16-35(32)41-34)28-9-5-10-30(27-7-2-1-6-26(27)22-40)38(28)25-14-17-37-33(20-25)29-8-3-4-11-36(29)42-37/h1-20H. The maximum absolute atomic E-state index is 10.0. The van der Waals surface area contributed by atoms with Crippen molar-refractivity contribution in [3.63, 3.8) is 0 Å². The summed E-state index contributed by atoms with van der Waals surface area (Å²) in [6.45, 7) is 0. The van der Waals surface area contributed by atoms with E-state index in [0.717, 1.165) is 55.3 Å². The van der Waals surface area contributed by atoms with Crippen molar-refractivity contribution in [3.8, 4) is 45.5 Å². The van der Waals surface area contributed by atoms with Crippen LogP contribution in [0.5, 0.6) is 0 Å². The van der Waals surface area contributed by atoms with Crippen LogP contribution in [-0.4, -0.2) is 0 Å². The van der Waals surface area contributed by atoms with Gasteiger partial charge < -0.3 is 4.42 Å². The minimum absolute atomic E-state index is 0.600. The van der Waals surface area contributed by atoms with E-state index >= 15 is 0 Å². The minimum Gasteiger partial charge on any atom is -0.456 e. The van der Waals surface area contributed by atoms with Crippen LogP contribution in [-0.2, 0) is 0 Å². The Morgan fingerprint density at radius 2 is 1.19 bits per heavy atom. The molecule has 0 aliphatic heterocycles. The smallest absolute Gasteiger partial charge is 0.135 e. The van der Waals surface area contributed by atoms with Crippen molar-refractivity contribution in [2.75, 3.05) is 0 Å². The number of fused-ring (bicyclic) bond motifs is 6. The third kappa shape index (κ3) is 3.71. The fraction of sp³-hybridized carbons (Fsp3) is 0. The van der Waals surface area contributed by atoms with Crippen LogP contribution in [0.3, 0.4) is 0 Å². The molecule has 42 heavy (non-hydrogen) atoms. The molecule has 194 valence electrons. The molecular weight excluding hydrogens is 532 g/mol. The molecule has 0 aliphatic carbocycles. The summed E-state index contributed by atoms with van der Waals surface area (Å²) in [5.41, 5.74) is 8.95. The van der Waals surface area contributed by atoms with Crippen LogP contribution in [0.15, 0.2) is 126 Å². The molecule has 4 heteroatoms. The largest absolute Gasteiger partial charge is 0.456 e. The van der Waals surface area contributed by atoms with E-state index in [1.54, 1.807) is 17.4 Å². The first-order valence-corrected chi connectivity index (χ1v) is 14.4. The van der Waals surface area contributed by atoms with Crippen LogP contribution >= 0.6 is 11.3 Å². The van der Waals surface area contributed by atoms with Crippen molar-refractivity contribution >= 4 is 53.4 Å². The molecule has 6 aromatic carbocycles. The van der Waals surface area contributed by atoms with Crippen LogP contribution in [0.1, 0.15) is 11.1 Å². The molecule has 0 spiro atoms. The Morgan fingerprint density at radius 1 is 0.500 bits per heavy atom. The maximum Gasteiger partial charge on any atom is 0.135 e. The van der Waals surface area contributed by atoms with E-state index in [9.17, 15) is 10.5 Å². The Kier molecular flexibility index (Phi) is 5.44. The highest BCUT2D eigenvalue weighted by atomic mass is 32.1. The van der Waals surface area contributed by atoms with Gasteiger partial charge in [0.1, 0.15) is 11.2 Å². The summed E-state index contributed by atoms with van der Waals surface area (Å²) < 4.78 is 8.63. The maximum atomic E-state index is 10.0. The molecule has 0 unspecified atom stereocenters. The van der Waals surface area contributed by atoms with Crippen LogP contribution < -0.4 is 0 Å². The average molecular weight is 553 g/mol. The van der Waals surface area contributed by atoms with Gasteiger partial charge in [-0.25, -0.2) is 0 Å². The lowest BCUT2D eigenvalue weighted by Crippen LogP contribution is -1.92. The Morgan fingerprint density at radius 3 is 2.07 bits per heavy atom. The van der Waals surface area contributed by atoms with Crippen molar-refractivity contribution in [3.05, 3.63) is 132 Å². The van der Waals surface area contributed by atoms with Gasteiger partial charge in [-0.2, -0.15) is 10.5 Å². The van der Waals surface area contributed by atoms with Gasteiger partial charge in [0.2, 0.25) is 0 Å². The fourth-order valence-corrected chi connectivity index (χ4v) is 7.13. The van der Waals surface area contributed by atoms with Crippen LogP contribution in [0.4, 0.5) is 0 Å². The first kappa shape index (κ1) is 24.1. The van der Waals surface area contributed by atoms with Crippen LogP contribution in [0, 0.1) is 22.7 Å². The molecule has 0 radical (unpaired) electrons. The zero-order valence-electron chi connectivity index (χ0n) is 22.3. The second-order valence-corrected chi connectivity index (χ2v) is 11.4. The molecule has 0 amide bonds. The highest BCUT2D eigenvalue weighted by Gasteiger charge is 2.19. The minimum atomic E-state index is 0.600. The molecule has 0 fully saturated rings. The van der Waals surface area contributed by atoms with Gasteiger partial charge in [0.05, 0.1) is 23.3 Å². The molecule has 8 aromatic rings. The molecule has 0 atom stereocenters. The summed E-state index contributed by atoms with van der Waals surface area (Å²) >= 11 is 1.80. The Labute approximate surface area is 245 Å². The number of furan rings is 1. The van der Waals surface area contributed by atoms with Gasteiger partial charge in [-0.3, -0.25) is 0 Å². The molecule has 0 bridgehead atoms. The van der Waals surface area contributed by atoms with Crippen molar-refractivity contribution in [1.82, 2.24) is 0 Å². The SMILES string of the molecule is N#Cc1ccc2oc3ccc(-c4cccc(-c5ccccc5C#N)c4-c4ccc5sc6ccccc6c5c4)cc3c2c1. The van der Waals surface area contributed by atoms with E-state index in [-0.39, 0.29) is 0 Å². The van der Waals surface area contributed by atoms with Crippen molar-refractivity contribution < 1.29 is 4.42 Å². The molecule has 0 saturated carbocycles. The van der Waals surface area contributed by atoms with E-state index in [2.05, 4.69) is 84.9 Å². The number of nitriles is 2. The molecule has 0 aliphatic rings. The van der Waals surface area contributed by atoms with Crippen molar-refractivity contribution in [2.45, 2.75) is 0 Å². The average Bonchev–Trinajstić information content (AvgIpc) is 3.61. The van der Waals surface area contributed by atoms with Crippen molar-refractivity contribution in [2.24, 2.45) is 0 Å². The topological polar surface area (TPSA) is 60.7 Å².